The summed E-state index contributed by atoms with van der Waals surface area (Å²) in [4.78, 5) is 10.9. The molecule has 8 nitrogen and oxygen atoms in total. The normalized spacial score (nSPS) is 28.8. The second-order valence-electron chi connectivity index (χ2n) is 3.80. The summed E-state index contributed by atoms with van der Waals surface area (Å²) in [6.45, 7) is 1.82. The minimum Gasteiger partial charge on any atom is -0.408 e. The van der Waals surface area contributed by atoms with Gasteiger partial charge in [0.15, 0.2) is 0 Å². The van der Waals surface area contributed by atoms with Gasteiger partial charge in [0.2, 0.25) is 5.96 Å². The number of nitrogens with one attached hydrogen (secondary N) is 3. The first kappa shape index (κ1) is 13.4. The summed E-state index contributed by atoms with van der Waals surface area (Å²) in [5.74, 6) is -0.801. The third-order valence-corrected chi connectivity index (χ3v) is 2.45. The lowest BCUT2D eigenvalue weighted by Crippen LogP contribution is -2.47. The molecule has 1 aliphatic heterocycles. The molecule has 3 atom stereocenters. The number of aliphatic hydroxyl groups is 1. The summed E-state index contributed by atoms with van der Waals surface area (Å²) < 4.78 is 5.41. The summed E-state index contributed by atoms with van der Waals surface area (Å²) in [6.07, 6.45) is 0.512. The van der Waals surface area contributed by atoms with Crippen LogP contribution in [-0.4, -0.2) is 47.3 Å². The summed E-state index contributed by atoms with van der Waals surface area (Å²) in [5, 5.41) is 32.0. The van der Waals surface area contributed by atoms with Crippen LogP contribution in [0.5, 0.6) is 0 Å². The SMILES string of the molecule is C[C@@H]1C[C@@H](CO)O[C@H]1N/C(=N/O)NC(=O)C=N. The van der Waals surface area contributed by atoms with Crippen molar-refractivity contribution in [2.75, 3.05) is 6.61 Å². The number of nitrogens with zero attached hydrogens (tertiary/aromatic N) is 1. The van der Waals surface area contributed by atoms with Crippen LogP contribution >= 0.6 is 0 Å². The van der Waals surface area contributed by atoms with Crippen molar-refractivity contribution in [1.29, 1.82) is 5.41 Å². The molecule has 0 aromatic carbocycles. The van der Waals surface area contributed by atoms with Crippen LogP contribution in [0.3, 0.4) is 0 Å². The summed E-state index contributed by atoms with van der Waals surface area (Å²) in [6, 6.07) is 0. The smallest absolute Gasteiger partial charge is 0.268 e. The van der Waals surface area contributed by atoms with E-state index in [2.05, 4.69) is 15.8 Å². The zero-order chi connectivity index (χ0) is 12.8. The van der Waals surface area contributed by atoms with Crippen molar-refractivity contribution in [3.8, 4) is 0 Å². The number of amides is 1. The van der Waals surface area contributed by atoms with Crippen LogP contribution in [0.25, 0.3) is 0 Å². The highest BCUT2D eigenvalue weighted by molar-refractivity contribution is 6.28. The molecule has 0 saturated carbocycles. The van der Waals surface area contributed by atoms with E-state index in [1.807, 2.05) is 6.92 Å². The van der Waals surface area contributed by atoms with E-state index in [0.29, 0.717) is 12.6 Å². The maximum Gasteiger partial charge on any atom is 0.268 e. The summed E-state index contributed by atoms with van der Waals surface area (Å²) in [5.41, 5.74) is 0. The van der Waals surface area contributed by atoms with Crippen molar-refractivity contribution >= 4 is 18.1 Å². The first-order chi connectivity index (χ1) is 8.10. The standard InChI is InChI=1S/C9H16N4O4/c1-5-2-6(4-14)17-8(5)12-9(13-16)11-7(15)3-10/h3,5-6,8,10,14,16H,2,4H2,1H3,(H2,11,12,13,15)/t5-,6+,8-/m1/s1. The summed E-state index contributed by atoms with van der Waals surface area (Å²) in [7, 11) is 0. The third-order valence-electron chi connectivity index (χ3n) is 2.45. The second-order valence-corrected chi connectivity index (χ2v) is 3.80. The third kappa shape index (κ3) is 3.68. The van der Waals surface area contributed by atoms with E-state index in [9.17, 15) is 4.79 Å². The van der Waals surface area contributed by atoms with Crippen LogP contribution in [0.1, 0.15) is 13.3 Å². The number of oxime groups is 1. The van der Waals surface area contributed by atoms with Gasteiger partial charge in [-0.1, -0.05) is 12.1 Å². The highest BCUT2D eigenvalue weighted by Crippen LogP contribution is 2.23. The van der Waals surface area contributed by atoms with E-state index in [-0.39, 0.29) is 24.6 Å². The number of hydrogen-bond acceptors (Lipinski definition) is 6. The fourth-order valence-electron chi connectivity index (χ4n) is 1.61. The van der Waals surface area contributed by atoms with E-state index in [4.69, 9.17) is 20.5 Å². The molecule has 96 valence electrons. The molecule has 0 spiro atoms. The molecule has 0 aromatic rings. The Hall–Kier alpha value is -1.67. The van der Waals surface area contributed by atoms with Gasteiger partial charge in [-0.2, -0.15) is 0 Å². The quantitative estimate of drug-likeness (QED) is 0.185. The van der Waals surface area contributed by atoms with E-state index in [1.165, 1.54) is 0 Å². The van der Waals surface area contributed by atoms with Gasteiger partial charge >= 0.3 is 0 Å². The van der Waals surface area contributed by atoms with Crippen LogP contribution in [0.15, 0.2) is 5.16 Å². The highest BCUT2D eigenvalue weighted by Gasteiger charge is 2.32. The fourth-order valence-corrected chi connectivity index (χ4v) is 1.61. The topological polar surface area (TPSA) is 127 Å². The number of ether oxygens (including phenoxy) is 1. The molecule has 1 saturated heterocycles. The molecule has 17 heavy (non-hydrogen) atoms. The number of carbonyl (C=O) groups excluding carboxylic acids is 1. The van der Waals surface area contributed by atoms with Crippen molar-refractivity contribution in [3.63, 3.8) is 0 Å². The van der Waals surface area contributed by atoms with Gasteiger partial charge < -0.3 is 25.8 Å². The lowest BCUT2D eigenvalue weighted by Gasteiger charge is -2.18. The lowest BCUT2D eigenvalue weighted by molar-refractivity contribution is -0.113. The minimum absolute atomic E-state index is 0.0824. The largest absolute Gasteiger partial charge is 0.408 e. The molecule has 0 unspecified atom stereocenters. The molecule has 8 heteroatoms. The minimum atomic E-state index is -0.713. The number of aliphatic hydroxyl groups excluding tert-OH is 1. The van der Waals surface area contributed by atoms with Crippen molar-refractivity contribution in [3.05, 3.63) is 0 Å². The van der Waals surface area contributed by atoms with Crippen molar-refractivity contribution in [2.45, 2.75) is 25.7 Å². The van der Waals surface area contributed by atoms with Crippen LogP contribution in [0.2, 0.25) is 0 Å². The van der Waals surface area contributed by atoms with Gasteiger partial charge in [-0.25, -0.2) is 0 Å². The van der Waals surface area contributed by atoms with E-state index in [1.54, 1.807) is 0 Å². The average Bonchev–Trinajstić information content (AvgIpc) is 2.69. The van der Waals surface area contributed by atoms with Crippen molar-refractivity contribution in [1.82, 2.24) is 10.6 Å². The Morgan fingerprint density at radius 3 is 2.88 bits per heavy atom. The molecule has 0 bridgehead atoms. The van der Waals surface area contributed by atoms with Gasteiger partial charge in [-0.3, -0.25) is 10.1 Å². The molecule has 1 fully saturated rings. The zero-order valence-corrected chi connectivity index (χ0v) is 9.38. The molecule has 1 amide bonds. The molecule has 1 heterocycles. The number of rotatable bonds is 3. The van der Waals surface area contributed by atoms with Gasteiger partial charge in [0.05, 0.1) is 18.9 Å². The van der Waals surface area contributed by atoms with Gasteiger partial charge in [0, 0.05) is 5.92 Å². The first-order valence-corrected chi connectivity index (χ1v) is 5.17. The van der Waals surface area contributed by atoms with Crippen LogP contribution in [-0.2, 0) is 9.53 Å². The molecular weight excluding hydrogens is 228 g/mol. The lowest BCUT2D eigenvalue weighted by atomic mass is 10.1. The molecule has 0 aromatic heterocycles. The molecule has 0 aliphatic carbocycles. The summed E-state index contributed by atoms with van der Waals surface area (Å²) >= 11 is 0. The van der Waals surface area contributed by atoms with Crippen LogP contribution in [0, 0.1) is 11.3 Å². The zero-order valence-electron chi connectivity index (χ0n) is 9.38. The van der Waals surface area contributed by atoms with Gasteiger partial charge in [-0.05, 0) is 6.42 Å². The maximum absolute atomic E-state index is 10.9. The van der Waals surface area contributed by atoms with Gasteiger partial charge in [-0.15, -0.1) is 0 Å². The maximum atomic E-state index is 10.9. The van der Waals surface area contributed by atoms with Crippen molar-refractivity contribution < 1.29 is 19.8 Å². The van der Waals surface area contributed by atoms with E-state index >= 15 is 0 Å². The second kappa shape index (κ2) is 6.16. The van der Waals surface area contributed by atoms with Crippen LogP contribution < -0.4 is 10.6 Å². The Labute approximate surface area is 98.2 Å². The Morgan fingerprint density at radius 1 is 1.71 bits per heavy atom. The predicted octanol–water partition coefficient (Wildman–Crippen LogP) is -1.17. The Bertz CT molecular complexity index is 320. The van der Waals surface area contributed by atoms with Crippen LogP contribution in [0.4, 0.5) is 0 Å². The van der Waals surface area contributed by atoms with E-state index < -0.39 is 12.1 Å². The molecule has 1 rings (SSSR count). The van der Waals surface area contributed by atoms with Gasteiger partial charge in [0.25, 0.3) is 5.91 Å². The highest BCUT2D eigenvalue weighted by atomic mass is 16.5. The van der Waals surface area contributed by atoms with Crippen molar-refractivity contribution in [2.24, 2.45) is 11.1 Å². The molecule has 1 aliphatic rings. The molecule has 5 N–H and O–H groups in total. The number of carbonyl (C=O) groups is 1. The number of guanidine groups is 1. The molecular formula is C9H16N4O4. The Balaban J connectivity index is 2.52. The Kier molecular flexibility index (Phi) is 4.85. The fraction of sp³-hybridized carbons (Fsp3) is 0.667. The van der Waals surface area contributed by atoms with Gasteiger partial charge in [0.1, 0.15) is 6.23 Å². The monoisotopic (exact) mass is 244 g/mol. The number of hydrogen-bond donors (Lipinski definition) is 5. The first-order valence-electron chi connectivity index (χ1n) is 5.17. The predicted molar refractivity (Wildman–Crippen MR) is 58.8 cm³/mol. The average molecular weight is 244 g/mol. The Morgan fingerprint density at radius 2 is 2.41 bits per heavy atom. The van der Waals surface area contributed by atoms with E-state index in [0.717, 1.165) is 0 Å². The molecule has 0 radical (unpaired) electrons.